The van der Waals surface area contributed by atoms with Gasteiger partial charge in [-0.2, -0.15) is 0 Å². The maximum atomic E-state index is 12.8. The van der Waals surface area contributed by atoms with Crippen LogP contribution in [0, 0.1) is 0 Å². The van der Waals surface area contributed by atoms with Crippen molar-refractivity contribution in [1.29, 1.82) is 0 Å². The van der Waals surface area contributed by atoms with Gasteiger partial charge in [0.1, 0.15) is 0 Å². The molecule has 1 fully saturated rings. The molecule has 0 spiro atoms. The Morgan fingerprint density at radius 2 is 1.93 bits per heavy atom. The fourth-order valence-corrected chi connectivity index (χ4v) is 2.87. The summed E-state index contributed by atoms with van der Waals surface area (Å²) in [5, 5.41) is 5.61. The second-order valence-electron chi connectivity index (χ2n) is 6.51. The Hall–Kier alpha value is -3.68. The first-order valence-electron chi connectivity index (χ1n) is 8.84. The molecule has 1 aromatic carbocycles. The molecule has 0 bridgehead atoms. The van der Waals surface area contributed by atoms with Crippen molar-refractivity contribution in [2.45, 2.75) is 18.9 Å². The van der Waals surface area contributed by atoms with Crippen molar-refractivity contribution in [3.05, 3.63) is 65.7 Å². The highest BCUT2D eigenvalue weighted by molar-refractivity contribution is 6.09. The van der Waals surface area contributed by atoms with Gasteiger partial charge in [0.25, 0.3) is 11.8 Å². The minimum atomic E-state index is -0.498. The van der Waals surface area contributed by atoms with Crippen molar-refractivity contribution in [3.63, 3.8) is 0 Å². The molecule has 1 aliphatic carbocycles. The summed E-state index contributed by atoms with van der Waals surface area (Å²) < 4.78 is 6.29. The van der Waals surface area contributed by atoms with Gasteiger partial charge in [-0.1, -0.05) is 12.1 Å². The Balaban J connectivity index is 1.64. The predicted octanol–water partition coefficient (Wildman–Crippen LogP) is 2.27. The molecular weight excluding hydrogens is 360 g/mol. The van der Waals surface area contributed by atoms with Crippen LogP contribution in [0.15, 0.2) is 48.7 Å². The third-order valence-electron chi connectivity index (χ3n) is 4.42. The van der Waals surface area contributed by atoms with Crippen molar-refractivity contribution in [2.24, 2.45) is 0 Å². The summed E-state index contributed by atoms with van der Waals surface area (Å²) in [7, 11) is 1.29. The Morgan fingerprint density at radius 1 is 1.11 bits per heavy atom. The van der Waals surface area contributed by atoms with Crippen molar-refractivity contribution in [1.82, 2.24) is 14.7 Å². The van der Waals surface area contributed by atoms with Crippen LogP contribution in [0.3, 0.4) is 0 Å². The summed E-state index contributed by atoms with van der Waals surface area (Å²) in [4.78, 5) is 41.3. The predicted molar refractivity (Wildman–Crippen MR) is 101 cm³/mol. The number of hydrogen-bond donors (Lipinski definition) is 2. The zero-order valence-electron chi connectivity index (χ0n) is 15.1. The number of pyridine rings is 1. The lowest BCUT2D eigenvalue weighted by atomic mass is 10.2. The number of nitrogens with zero attached hydrogens (tertiary/aromatic N) is 2. The second-order valence-corrected chi connectivity index (χ2v) is 6.51. The van der Waals surface area contributed by atoms with Gasteiger partial charge in [0.05, 0.1) is 18.2 Å². The maximum absolute atomic E-state index is 12.8. The first-order chi connectivity index (χ1) is 13.6. The molecule has 0 saturated heterocycles. The number of esters is 1. The molecule has 3 aromatic rings. The topological polar surface area (TPSA) is 102 Å². The largest absolute Gasteiger partial charge is 0.465 e. The highest BCUT2D eigenvalue weighted by Gasteiger charge is 2.27. The first-order valence-corrected chi connectivity index (χ1v) is 8.84. The lowest BCUT2D eigenvalue weighted by Gasteiger charge is -2.05. The van der Waals surface area contributed by atoms with E-state index in [9.17, 15) is 14.4 Å². The molecule has 0 aliphatic heterocycles. The Morgan fingerprint density at radius 3 is 2.68 bits per heavy atom. The van der Waals surface area contributed by atoms with Gasteiger partial charge in [-0.3, -0.25) is 14.0 Å². The maximum Gasteiger partial charge on any atom is 0.337 e. The molecule has 2 N–H and O–H groups in total. The summed E-state index contributed by atoms with van der Waals surface area (Å²) >= 11 is 0. The van der Waals surface area contributed by atoms with Crippen molar-refractivity contribution < 1.29 is 19.1 Å². The standard InChI is InChI=1S/C20H18N4O4/c1-28-20(27)12-5-4-6-14(11-12)22-18(25)16-15-7-2-3-10-24(15)17(23-16)19(26)21-13-8-9-13/h2-7,10-11,13H,8-9H2,1H3,(H,21,26)(H,22,25). The monoisotopic (exact) mass is 378 g/mol. The van der Waals surface area contributed by atoms with Crippen LogP contribution in [0.25, 0.3) is 5.52 Å². The van der Waals surface area contributed by atoms with Crippen LogP contribution < -0.4 is 10.6 Å². The smallest absolute Gasteiger partial charge is 0.337 e. The number of anilines is 1. The van der Waals surface area contributed by atoms with Gasteiger partial charge >= 0.3 is 5.97 Å². The zero-order valence-corrected chi connectivity index (χ0v) is 15.1. The number of fused-ring (bicyclic) bond motifs is 1. The van der Waals surface area contributed by atoms with Crippen LogP contribution in [0.2, 0.25) is 0 Å². The minimum absolute atomic E-state index is 0.130. The van der Waals surface area contributed by atoms with E-state index >= 15 is 0 Å². The summed E-state index contributed by atoms with van der Waals surface area (Å²) in [5.41, 5.74) is 1.39. The third kappa shape index (κ3) is 3.44. The molecule has 0 radical (unpaired) electrons. The van der Waals surface area contributed by atoms with E-state index in [2.05, 4.69) is 15.6 Å². The molecule has 1 saturated carbocycles. The van der Waals surface area contributed by atoms with Gasteiger partial charge in [-0.05, 0) is 43.2 Å². The third-order valence-corrected chi connectivity index (χ3v) is 4.42. The van der Waals surface area contributed by atoms with Crippen LogP contribution in [0.5, 0.6) is 0 Å². The van der Waals surface area contributed by atoms with Crippen molar-refractivity contribution in [2.75, 3.05) is 12.4 Å². The van der Waals surface area contributed by atoms with E-state index in [1.165, 1.54) is 13.2 Å². The van der Waals surface area contributed by atoms with E-state index < -0.39 is 11.9 Å². The molecule has 2 aromatic heterocycles. The first kappa shape index (κ1) is 17.7. The highest BCUT2D eigenvalue weighted by Crippen LogP contribution is 2.21. The number of carbonyl (C=O) groups is 3. The number of benzene rings is 1. The van der Waals surface area contributed by atoms with E-state index in [4.69, 9.17) is 4.74 Å². The number of carbonyl (C=O) groups excluding carboxylic acids is 3. The molecule has 0 atom stereocenters. The molecule has 2 heterocycles. The molecule has 2 amide bonds. The fourth-order valence-electron chi connectivity index (χ4n) is 2.87. The van der Waals surface area contributed by atoms with E-state index in [0.29, 0.717) is 16.8 Å². The lowest BCUT2D eigenvalue weighted by Crippen LogP contribution is -2.27. The van der Waals surface area contributed by atoms with Crippen LogP contribution in [-0.2, 0) is 4.74 Å². The molecule has 28 heavy (non-hydrogen) atoms. The van der Waals surface area contributed by atoms with E-state index in [-0.39, 0.29) is 23.5 Å². The number of nitrogens with one attached hydrogen (secondary N) is 2. The normalized spacial score (nSPS) is 13.2. The summed E-state index contributed by atoms with van der Waals surface area (Å²) in [5.74, 6) is -1.12. The molecule has 8 nitrogen and oxygen atoms in total. The second kappa shape index (κ2) is 7.15. The molecule has 4 rings (SSSR count). The quantitative estimate of drug-likeness (QED) is 0.663. The van der Waals surface area contributed by atoms with Gasteiger partial charge in [0, 0.05) is 17.9 Å². The van der Waals surface area contributed by atoms with E-state index in [1.54, 1.807) is 47.0 Å². The van der Waals surface area contributed by atoms with E-state index in [0.717, 1.165) is 12.8 Å². The van der Waals surface area contributed by atoms with Crippen LogP contribution >= 0.6 is 0 Å². The highest BCUT2D eigenvalue weighted by atomic mass is 16.5. The zero-order chi connectivity index (χ0) is 19.7. The number of hydrogen-bond acceptors (Lipinski definition) is 5. The van der Waals surface area contributed by atoms with Crippen molar-refractivity contribution in [3.8, 4) is 0 Å². The van der Waals surface area contributed by atoms with Gasteiger partial charge in [0.2, 0.25) is 5.82 Å². The molecule has 0 unspecified atom stereocenters. The average molecular weight is 378 g/mol. The minimum Gasteiger partial charge on any atom is -0.465 e. The number of methoxy groups -OCH3 is 1. The number of ether oxygens (including phenoxy) is 1. The Kier molecular flexibility index (Phi) is 4.52. The Labute approximate surface area is 160 Å². The summed E-state index contributed by atoms with van der Waals surface area (Å²) in [6, 6.07) is 11.8. The number of rotatable bonds is 5. The Bertz CT molecular complexity index is 1080. The summed E-state index contributed by atoms with van der Waals surface area (Å²) in [6.07, 6.45) is 3.61. The lowest BCUT2D eigenvalue weighted by molar-refractivity contribution is 0.0600. The van der Waals surface area contributed by atoms with Crippen LogP contribution in [-0.4, -0.2) is 40.3 Å². The van der Waals surface area contributed by atoms with Crippen molar-refractivity contribution >= 4 is 29.0 Å². The number of amides is 2. The van der Waals surface area contributed by atoms with Crippen LogP contribution in [0.1, 0.15) is 44.3 Å². The van der Waals surface area contributed by atoms with Gasteiger partial charge in [-0.25, -0.2) is 9.78 Å². The fraction of sp³-hybridized carbons (Fsp3) is 0.200. The number of imidazole rings is 1. The van der Waals surface area contributed by atoms with Gasteiger partial charge in [0.15, 0.2) is 5.69 Å². The molecule has 1 aliphatic rings. The van der Waals surface area contributed by atoms with Gasteiger partial charge in [-0.15, -0.1) is 0 Å². The van der Waals surface area contributed by atoms with Crippen LogP contribution in [0.4, 0.5) is 5.69 Å². The van der Waals surface area contributed by atoms with Gasteiger partial charge < -0.3 is 15.4 Å². The average Bonchev–Trinajstić information content (AvgIpc) is 3.43. The molecular formula is C20H18N4O4. The molecule has 8 heteroatoms. The molecule has 142 valence electrons. The summed E-state index contributed by atoms with van der Waals surface area (Å²) in [6.45, 7) is 0. The van der Waals surface area contributed by atoms with E-state index in [1.807, 2.05) is 0 Å². The SMILES string of the molecule is COC(=O)c1cccc(NC(=O)c2nc(C(=O)NC3CC3)n3ccccc23)c1. The number of aromatic nitrogens is 2.